The van der Waals surface area contributed by atoms with Gasteiger partial charge in [0.2, 0.25) is 5.75 Å². The number of rotatable bonds is 10. The number of fused-ring (bicyclic) bond motifs is 1. The molecule has 8 heteroatoms. The Morgan fingerprint density at radius 2 is 1.61 bits per heavy atom. The van der Waals surface area contributed by atoms with E-state index in [0.29, 0.717) is 67.1 Å². The topological polar surface area (TPSA) is 86.7 Å². The van der Waals surface area contributed by atoms with Crippen LogP contribution in [0.5, 0.6) is 28.7 Å². The van der Waals surface area contributed by atoms with Crippen LogP contribution in [0.3, 0.4) is 0 Å². The molecule has 0 unspecified atom stereocenters. The van der Waals surface area contributed by atoms with Crippen molar-refractivity contribution in [1.29, 1.82) is 0 Å². The molecular weight excluding hydrogens is 486 g/mol. The van der Waals surface area contributed by atoms with Crippen molar-refractivity contribution in [3.63, 3.8) is 0 Å². The molecule has 4 rings (SSSR count). The molecule has 1 aliphatic heterocycles. The first-order valence-electron chi connectivity index (χ1n) is 13.7. The highest BCUT2D eigenvalue weighted by Crippen LogP contribution is 2.52. The van der Waals surface area contributed by atoms with Gasteiger partial charge < -0.3 is 33.7 Å². The van der Waals surface area contributed by atoms with Crippen LogP contribution in [0.25, 0.3) is 0 Å². The van der Waals surface area contributed by atoms with Crippen molar-refractivity contribution in [1.82, 2.24) is 4.90 Å². The van der Waals surface area contributed by atoms with Crippen LogP contribution in [0.4, 0.5) is 0 Å². The van der Waals surface area contributed by atoms with Gasteiger partial charge in [0.25, 0.3) is 5.91 Å². The van der Waals surface area contributed by atoms with Crippen molar-refractivity contribution < 1.29 is 33.6 Å². The van der Waals surface area contributed by atoms with E-state index in [1.807, 2.05) is 43.9 Å². The molecule has 208 valence electrons. The molecule has 1 N–H and O–H groups in total. The van der Waals surface area contributed by atoms with Gasteiger partial charge in [-0.2, -0.15) is 0 Å². The van der Waals surface area contributed by atoms with Gasteiger partial charge in [0.05, 0.1) is 45.7 Å². The van der Waals surface area contributed by atoms with Crippen molar-refractivity contribution in [3.05, 3.63) is 41.5 Å². The number of nitrogens with zero attached hydrogens (tertiary/aromatic N) is 1. The summed E-state index contributed by atoms with van der Waals surface area (Å²) >= 11 is 0. The number of likely N-dealkylation sites (tertiary alicyclic amines) is 1. The average molecular weight is 528 g/mol. The van der Waals surface area contributed by atoms with E-state index in [0.717, 1.165) is 31.2 Å². The zero-order chi connectivity index (χ0) is 27.3. The van der Waals surface area contributed by atoms with E-state index in [-0.39, 0.29) is 17.9 Å². The maximum absolute atomic E-state index is 14.3. The van der Waals surface area contributed by atoms with Crippen LogP contribution in [0, 0.1) is 5.92 Å². The fraction of sp³-hybridized carbons (Fsp3) is 0.567. The summed E-state index contributed by atoms with van der Waals surface area (Å²) < 4.78 is 28.9. The Labute approximate surface area is 225 Å². The van der Waals surface area contributed by atoms with Gasteiger partial charge in [-0.05, 0) is 70.4 Å². The fourth-order valence-corrected chi connectivity index (χ4v) is 6.04. The first-order valence-corrected chi connectivity index (χ1v) is 13.7. The number of carbonyl (C=O) groups is 1. The van der Waals surface area contributed by atoms with E-state index in [1.54, 1.807) is 26.4 Å². The van der Waals surface area contributed by atoms with Gasteiger partial charge in [0, 0.05) is 23.6 Å². The number of carbonyl (C=O) groups excluding carboxylic acids is 1. The summed E-state index contributed by atoms with van der Waals surface area (Å²) in [6.07, 6.45) is 4.07. The summed E-state index contributed by atoms with van der Waals surface area (Å²) in [6, 6.07) is 8.73. The number of benzene rings is 2. The highest BCUT2D eigenvalue weighted by molar-refractivity contribution is 5.96. The minimum atomic E-state index is -0.834. The molecule has 1 saturated carbocycles. The Bertz CT molecular complexity index is 1090. The van der Waals surface area contributed by atoms with Gasteiger partial charge in [-0.25, -0.2) is 0 Å². The van der Waals surface area contributed by atoms with Crippen LogP contribution in [0.1, 0.15) is 74.8 Å². The number of aliphatic hydroxyl groups is 1. The second-order valence-electron chi connectivity index (χ2n) is 9.86. The Morgan fingerprint density at radius 1 is 0.921 bits per heavy atom. The van der Waals surface area contributed by atoms with Gasteiger partial charge in [-0.15, -0.1) is 0 Å². The Morgan fingerprint density at radius 3 is 2.21 bits per heavy atom. The second kappa shape index (κ2) is 12.2. The maximum Gasteiger partial charge on any atom is 0.254 e. The fourth-order valence-electron chi connectivity index (χ4n) is 6.04. The maximum atomic E-state index is 14.3. The lowest BCUT2D eigenvalue weighted by atomic mass is 9.66. The van der Waals surface area contributed by atoms with Gasteiger partial charge >= 0.3 is 0 Å². The molecule has 38 heavy (non-hydrogen) atoms. The molecule has 0 radical (unpaired) electrons. The van der Waals surface area contributed by atoms with Crippen LogP contribution in [-0.4, -0.2) is 62.1 Å². The lowest BCUT2D eigenvalue weighted by Gasteiger charge is -2.52. The number of ether oxygens (including phenoxy) is 5. The van der Waals surface area contributed by atoms with Gasteiger partial charge in [0.15, 0.2) is 11.5 Å². The van der Waals surface area contributed by atoms with E-state index >= 15 is 0 Å². The van der Waals surface area contributed by atoms with Gasteiger partial charge in [0.1, 0.15) is 11.5 Å². The molecular formula is C30H41NO7. The van der Waals surface area contributed by atoms with E-state index < -0.39 is 5.60 Å². The van der Waals surface area contributed by atoms with Crippen LogP contribution in [0.2, 0.25) is 0 Å². The van der Waals surface area contributed by atoms with E-state index in [1.165, 1.54) is 0 Å². The monoisotopic (exact) mass is 527 g/mol. The smallest absolute Gasteiger partial charge is 0.254 e. The molecule has 3 atom stereocenters. The molecule has 1 aliphatic carbocycles. The second-order valence-corrected chi connectivity index (χ2v) is 9.86. The van der Waals surface area contributed by atoms with E-state index in [9.17, 15) is 9.90 Å². The van der Waals surface area contributed by atoms with E-state index in [2.05, 4.69) is 0 Å². The molecule has 8 nitrogen and oxygen atoms in total. The summed E-state index contributed by atoms with van der Waals surface area (Å²) in [4.78, 5) is 16.2. The largest absolute Gasteiger partial charge is 0.497 e. The number of amides is 1. The summed E-state index contributed by atoms with van der Waals surface area (Å²) in [5.74, 6) is 2.51. The van der Waals surface area contributed by atoms with Crippen molar-refractivity contribution in [2.75, 3.05) is 40.6 Å². The molecule has 2 fully saturated rings. The van der Waals surface area contributed by atoms with Crippen molar-refractivity contribution >= 4 is 5.91 Å². The Balaban J connectivity index is 1.83. The van der Waals surface area contributed by atoms with Crippen LogP contribution >= 0.6 is 0 Å². The van der Waals surface area contributed by atoms with Crippen molar-refractivity contribution in [3.8, 4) is 28.7 Å². The first-order chi connectivity index (χ1) is 18.4. The first kappa shape index (κ1) is 27.9. The molecule has 2 aliphatic rings. The third-order valence-electron chi connectivity index (χ3n) is 7.74. The zero-order valence-corrected chi connectivity index (χ0v) is 23.2. The molecule has 1 amide bonds. The van der Waals surface area contributed by atoms with E-state index in [4.69, 9.17) is 23.7 Å². The van der Waals surface area contributed by atoms with Crippen LogP contribution < -0.4 is 23.7 Å². The average Bonchev–Trinajstić information content (AvgIpc) is 2.93. The minimum Gasteiger partial charge on any atom is -0.497 e. The van der Waals surface area contributed by atoms with Crippen LogP contribution in [0.15, 0.2) is 30.3 Å². The normalized spacial score (nSPS) is 22.8. The summed E-state index contributed by atoms with van der Waals surface area (Å²) in [7, 11) is 3.25. The summed E-state index contributed by atoms with van der Waals surface area (Å²) in [5.41, 5.74) is 0.458. The molecule has 0 spiro atoms. The molecule has 2 aromatic rings. The predicted octanol–water partition coefficient (Wildman–Crippen LogP) is 5.41. The van der Waals surface area contributed by atoms with Gasteiger partial charge in [-0.3, -0.25) is 4.79 Å². The summed E-state index contributed by atoms with van der Waals surface area (Å²) in [6.45, 7) is 7.39. The number of hydrogen-bond acceptors (Lipinski definition) is 7. The third-order valence-corrected chi connectivity index (χ3v) is 7.74. The Hall–Kier alpha value is -3.13. The number of methoxy groups -OCH3 is 2. The lowest BCUT2D eigenvalue weighted by Crippen LogP contribution is -2.56. The SMILES string of the molecule is CCOc1cc(C(=O)N2CC[C@@]3(O)CCCC[C@H]3[C@@H]2c2cc(OC)ccc2OC)cc(OCC)c1OCC. The van der Waals surface area contributed by atoms with Crippen molar-refractivity contribution in [2.45, 2.75) is 64.5 Å². The quantitative estimate of drug-likeness (QED) is 0.442. The minimum absolute atomic E-state index is 0.129. The molecule has 1 heterocycles. The lowest BCUT2D eigenvalue weighted by molar-refractivity contribution is -0.115. The summed E-state index contributed by atoms with van der Waals surface area (Å²) in [5, 5.41) is 11.7. The third kappa shape index (κ3) is 5.37. The number of hydrogen-bond donors (Lipinski definition) is 1. The molecule has 2 aromatic carbocycles. The Kier molecular flexibility index (Phi) is 8.92. The standard InChI is InChI=1S/C30H41NO7/c1-6-36-25-17-20(18-26(37-7-2)28(25)38-8-3)29(32)31-16-15-30(33)14-10-9-11-23(30)27(31)22-19-21(34-4)12-13-24(22)35-5/h12-13,17-19,23,27,33H,6-11,14-16H2,1-5H3/t23-,27-,30-/m0/s1. The van der Waals surface area contributed by atoms with Crippen molar-refractivity contribution in [2.24, 2.45) is 5.92 Å². The highest BCUT2D eigenvalue weighted by Gasteiger charge is 2.51. The zero-order valence-electron chi connectivity index (χ0n) is 23.2. The molecule has 0 bridgehead atoms. The highest BCUT2D eigenvalue weighted by atomic mass is 16.5. The molecule has 0 aromatic heterocycles. The predicted molar refractivity (Wildman–Crippen MR) is 145 cm³/mol. The van der Waals surface area contributed by atoms with Gasteiger partial charge in [-0.1, -0.05) is 12.8 Å². The molecule has 1 saturated heterocycles. The van der Waals surface area contributed by atoms with Crippen LogP contribution in [-0.2, 0) is 0 Å². The number of piperidine rings is 1.